The van der Waals surface area contributed by atoms with Crippen LogP contribution in [0.15, 0.2) is 0 Å². The normalized spacial score (nSPS) is 34.5. The molecule has 0 aromatic heterocycles. The van der Waals surface area contributed by atoms with Crippen LogP contribution >= 0.6 is 0 Å². The van der Waals surface area contributed by atoms with Crippen molar-refractivity contribution in [2.24, 2.45) is 0 Å². The summed E-state index contributed by atoms with van der Waals surface area (Å²) in [5.41, 5.74) is 0. The fraction of sp³-hybridized carbons (Fsp3) is 0.933. The lowest BCUT2D eigenvalue weighted by Crippen LogP contribution is -2.54. The molecule has 0 amide bonds. The molecule has 1 N–H and O–H groups in total. The van der Waals surface area contributed by atoms with Gasteiger partial charge in [-0.25, -0.2) is 0 Å². The Balaban J connectivity index is 2.12. The van der Waals surface area contributed by atoms with Crippen LogP contribution in [0.3, 0.4) is 0 Å². The van der Waals surface area contributed by atoms with Gasteiger partial charge in [0.1, 0.15) is 6.04 Å². The van der Waals surface area contributed by atoms with E-state index >= 15 is 0 Å². The molecule has 0 radical (unpaired) electrons. The lowest BCUT2D eigenvalue weighted by atomic mass is 9.88. The molecular formula is C15H27NO3. The van der Waals surface area contributed by atoms with Crippen LogP contribution in [0.5, 0.6) is 0 Å². The Labute approximate surface area is 116 Å². The molecule has 0 bridgehead atoms. The third-order valence-corrected chi connectivity index (χ3v) is 4.73. The van der Waals surface area contributed by atoms with Crippen molar-refractivity contribution < 1.29 is 14.6 Å². The van der Waals surface area contributed by atoms with Gasteiger partial charge in [0.2, 0.25) is 0 Å². The quantitative estimate of drug-likeness (QED) is 0.855. The highest BCUT2D eigenvalue weighted by molar-refractivity contribution is 5.73. The molecule has 1 aliphatic heterocycles. The van der Waals surface area contributed by atoms with E-state index in [2.05, 4.69) is 4.90 Å². The molecule has 0 aromatic rings. The monoisotopic (exact) mass is 269 g/mol. The van der Waals surface area contributed by atoms with E-state index in [-0.39, 0.29) is 12.1 Å². The van der Waals surface area contributed by atoms with Crippen molar-refractivity contribution >= 4 is 5.97 Å². The predicted molar refractivity (Wildman–Crippen MR) is 74.3 cm³/mol. The molecule has 2 rings (SSSR count). The Hall–Kier alpha value is -0.610. The molecule has 4 heteroatoms. The lowest BCUT2D eigenvalue weighted by Gasteiger charge is -2.42. The largest absolute Gasteiger partial charge is 0.480 e. The Kier molecular flexibility index (Phi) is 5.64. The number of carboxylic acid groups (broad SMARTS) is 1. The lowest BCUT2D eigenvalue weighted by molar-refractivity contribution is -0.147. The first-order chi connectivity index (χ1) is 9.24. The second-order valence-electron chi connectivity index (χ2n) is 5.92. The Bertz CT molecular complexity index is 295. The zero-order valence-electron chi connectivity index (χ0n) is 12.0. The maximum atomic E-state index is 11.6. The van der Waals surface area contributed by atoms with Crippen LogP contribution in [0.25, 0.3) is 0 Å². The SMILES string of the molecule is COC1CCCCC1N1CCCCCCC1C(=O)O. The molecule has 2 aliphatic rings. The molecule has 0 aromatic carbocycles. The van der Waals surface area contributed by atoms with E-state index in [0.29, 0.717) is 6.04 Å². The first-order valence-electron chi connectivity index (χ1n) is 7.75. The Morgan fingerprint density at radius 1 is 1.05 bits per heavy atom. The summed E-state index contributed by atoms with van der Waals surface area (Å²) in [5.74, 6) is -0.651. The standard InChI is InChI=1S/C15H27NO3/c1-19-14-10-6-5-8-12(14)16-11-7-3-2-4-9-13(16)15(17)18/h12-14H,2-11H2,1H3,(H,17,18). The average molecular weight is 269 g/mol. The van der Waals surface area contributed by atoms with Gasteiger partial charge in [0.05, 0.1) is 6.10 Å². The highest BCUT2D eigenvalue weighted by atomic mass is 16.5. The summed E-state index contributed by atoms with van der Waals surface area (Å²) in [6, 6.07) is -0.000926. The minimum absolute atomic E-state index is 0.218. The van der Waals surface area contributed by atoms with Crippen molar-refractivity contribution in [1.82, 2.24) is 4.90 Å². The molecule has 3 unspecified atom stereocenters. The van der Waals surface area contributed by atoms with Gasteiger partial charge in [0.25, 0.3) is 0 Å². The maximum absolute atomic E-state index is 11.6. The fourth-order valence-corrected chi connectivity index (χ4v) is 3.70. The number of ether oxygens (including phenoxy) is 1. The second kappa shape index (κ2) is 7.25. The van der Waals surface area contributed by atoms with Crippen LogP contribution in [0.1, 0.15) is 57.8 Å². The Morgan fingerprint density at radius 3 is 2.47 bits per heavy atom. The number of hydrogen-bond donors (Lipinski definition) is 1. The van der Waals surface area contributed by atoms with E-state index in [1.807, 2.05) is 0 Å². The average Bonchev–Trinajstić information content (AvgIpc) is 2.38. The van der Waals surface area contributed by atoms with Gasteiger partial charge in [0.15, 0.2) is 0 Å². The second-order valence-corrected chi connectivity index (χ2v) is 5.92. The first-order valence-corrected chi connectivity index (χ1v) is 7.75. The van der Waals surface area contributed by atoms with Gasteiger partial charge in [-0.1, -0.05) is 32.1 Å². The van der Waals surface area contributed by atoms with Crippen LogP contribution in [0, 0.1) is 0 Å². The molecule has 1 saturated carbocycles. The summed E-state index contributed by atoms with van der Waals surface area (Å²) < 4.78 is 5.62. The third-order valence-electron chi connectivity index (χ3n) is 4.73. The van der Waals surface area contributed by atoms with Crippen LogP contribution < -0.4 is 0 Å². The van der Waals surface area contributed by atoms with E-state index in [9.17, 15) is 9.90 Å². The van der Waals surface area contributed by atoms with Gasteiger partial charge in [-0.3, -0.25) is 9.69 Å². The molecular weight excluding hydrogens is 242 g/mol. The van der Waals surface area contributed by atoms with Gasteiger partial charge in [-0.15, -0.1) is 0 Å². The topological polar surface area (TPSA) is 49.8 Å². The van der Waals surface area contributed by atoms with Crippen LogP contribution in [0.4, 0.5) is 0 Å². The molecule has 1 saturated heterocycles. The number of rotatable bonds is 3. The molecule has 1 heterocycles. The third kappa shape index (κ3) is 3.69. The minimum Gasteiger partial charge on any atom is -0.480 e. The van der Waals surface area contributed by atoms with E-state index in [1.54, 1.807) is 7.11 Å². The molecule has 4 nitrogen and oxygen atoms in total. The molecule has 2 fully saturated rings. The number of nitrogens with zero attached hydrogens (tertiary/aromatic N) is 1. The van der Waals surface area contributed by atoms with Gasteiger partial charge >= 0.3 is 5.97 Å². The van der Waals surface area contributed by atoms with Crippen molar-refractivity contribution in [3.63, 3.8) is 0 Å². The van der Waals surface area contributed by atoms with E-state index < -0.39 is 5.97 Å². The number of carboxylic acids is 1. The number of hydrogen-bond acceptors (Lipinski definition) is 3. The first kappa shape index (κ1) is 14.8. The zero-order chi connectivity index (χ0) is 13.7. The molecule has 1 aliphatic carbocycles. The van der Waals surface area contributed by atoms with Crippen molar-refractivity contribution in [2.75, 3.05) is 13.7 Å². The summed E-state index contributed by atoms with van der Waals surface area (Å²) in [4.78, 5) is 13.8. The summed E-state index contributed by atoms with van der Waals surface area (Å²) in [6.45, 7) is 0.918. The summed E-state index contributed by atoms with van der Waals surface area (Å²) in [7, 11) is 1.77. The Morgan fingerprint density at radius 2 is 1.74 bits per heavy atom. The van der Waals surface area contributed by atoms with Crippen LogP contribution in [-0.4, -0.2) is 47.8 Å². The summed E-state index contributed by atoms with van der Waals surface area (Å²) in [5, 5.41) is 9.53. The van der Waals surface area contributed by atoms with E-state index in [1.165, 1.54) is 25.7 Å². The number of carbonyl (C=O) groups is 1. The number of likely N-dealkylation sites (tertiary alicyclic amines) is 1. The highest BCUT2D eigenvalue weighted by Crippen LogP contribution is 2.29. The summed E-state index contributed by atoms with van der Waals surface area (Å²) in [6.07, 6.45) is 10.1. The van der Waals surface area contributed by atoms with Crippen LogP contribution in [0.2, 0.25) is 0 Å². The van der Waals surface area contributed by atoms with E-state index in [0.717, 1.165) is 38.6 Å². The van der Waals surface area contributed by atoms with Gasteiger partial charge in [0, 0.05) is 13.2 Å². The molecule has 0 spiro atoms. The minimum atomic E-state index is -0.651. The maximum Gasteiger partial charge on any atom is 0.320 e. The zero-order valence-corrected chi connectivity index (χ0v) is 12.0. The predicted octanol–water partition coefficient (Wildman–Crippen LogP) is 2.66. The summed E-state index contributed by atoms with van der Waals surface area (Å²) >= 11 is 0. The number of methoxy groups -OCH3 is 1. The van der Waals surface area contributed by atoms with Gasteiger partial charge in [-0.2, -0.15) is 0 Å². The van der Waals surface area contributed by atoms with Crippen molar-refractivity contribution in [1.29, 1.82) is 0 Å². The molecule has 19 heavy (non-hydrogen) atoms. The number of aliphatic carboxylic acids is 1. The van der Waals surface area contributed by atoms with Crippen molar-refractivity contribution in [2.45, 2.75) is 76.0 Å². The molecule has 3 atom stereocenters. The van der Waals surface area contributed by atoms with Gasteiger partial charge < -0.3 is 9.84 Å². The van der Waals surface area contributed by atoms with Crippen molar-refractivity contribution in [3.05, 3.63) is 0 Å². The van der Waals surface area contributed by atoms with Crippen molar-refractivity contribution in [3.8, 4) is 0 Å². The fourth-order valence-electron chi connectivity index (χ4n) is 3.70. The van der Waals surface area contributed by atoms with Crippen LogP contribution in [-0.2, 0) is 9.53 Å². The molecule has 110 valence electrons. The van der Waals surface area contributed by atoms with Gasteiger partial charge in [-0.05, 0) is 32.2 Å². The van der Waals surface area contributed by atoms with E-state index in [4.69, 9.17) is 4.74 Å². The highest BCUT2D eigenvalue weighted by Gasteiger charge is 2.37. The smallest absolute Gasteiger partial charge is 0.320 e.